The van der Waals surface area contributed by atoms with E-state index in [1.807, 2.05) is 37.9 Å². The molecule has 9 nitrogen and oxygen atoms in total. The Balaban J connectivity index is 2.21. The molecule has 2 atom stereocenters. The average molecular weight is 543 g/mol. The first-order chi connectivity index (χ1) is 18.6. The molecule has 0 aromatic heterocycles. The SMILES string of the molecule is CCOC(=O)c1cc(OC)c(OC)cc1CCN(C)CC(O)CC(C#N)(c1ccc(OC)c(OC)c1)C(C)C. The number of hydrogen-bond acceptors (Lipinski definition) is 9. The highest BCUT2D eigenvalue weighted by Gasteiger charge is 2.39. The Morgan fingerprint density at radius 2 is 1.59 bits per heavy atom. The van der Waals surface area contributed by atoms with Crippen LogP contribution in [0.5, 0.6) is 23.0 Å². The molecule has 1 N–H and O–H groups in total. The number of benzene rings is 2. The Bertz CT molecular complexity index is 1140. The number of carbonyl (C=O) groups excluding carboxylic acids is 1. The van der Waals surface area contributed by atoms with Gasteiger partial charge in [-0.3, -0.25) is 0 Å². The van der Waals surface area contributed by atoms with E-state index in [-0.39, 0.29) is 18.9 Å². The summed E-state index contributed by atoms with van der Waals surface area (Å²) in [5.41, 5.74) is 1.01. The van der Waals surface area contributed by atoms with Crippen molar-refractivity contribution in [2.45, 2.75) is 45.1 Å². The number of aliphatic hydroxyl groups excluding tert-OH is 1. The Hall–Kier alpha value is -3.48. The molecule has 0 aliphatic rings. The molecule has 2 unspecified atom stereocenters. The van der Waals surface area contributed by atoms with E-state index in [2.05, 4.69) is 6.07 Å². The van der Waals surface area contributed by atoms with Gasteiger partial charge in [0.2, 0.25) is 0 Å². The number of rotatable bonds is 15. The minimum absolute atomic E-state index is 0.0699. The molecular formula is C30H42N2O7. The molecule has 0 radical (unpaired) electrons. The molecule has 9 heteroatoms. The van der Waals surface area contributed by atoms with Gasteiger partial charge in [0.1, 0.15) is 0 Å². The number of hydrogen-bond donors (Lipinski definition) is 1. The maximum absolute atomic E-state index is 12.6. The molecule has 39 heavy (non-hydrogen) atoms. The number of nitrogens with zero attached hydrogens (tertiary/aromatic N) is 2. The third-order valence-electron chi connectivity index (χ3n) is 7.03. The smallest absolute Gasteiger partial charge is 0.338 e. The van der Waals surface area contributed by atoms with Gasteiger partial charge in [0.05, 0.1) is 58.2 Å². The summed E-state index contributed by atoms with van der Waals surface area (Å²) >= 11 is 0. The summed E-state index contributed by atoms with van der Waals surface area (Å²) in [6, 6.07) is 11.4. The van der Waals surface area contributed by atoms with Gasteiger partial charge in [0.25, 0.3) is 0 Å². The predicted molar refractivity (Wildman–Crippen MR) is 149 cm³/mol. The Labute approximate surface area is 232 Å². The first-order valence-corrected chi connectivity index (χ1v) is 13.0. The van der Waals surface area contributed by atoms with Crippen LogP contribution in [0.1, 0.15) is 48.7 Å². The minimum atomic E-state index is -0.930. The van der Waals surface area contributed by atoms with Gasteiger partial charge in [-0.25, -0.2) is 4.79 Å². The Morgan fingerprint density at radius 1 is 1.00 bits per heavy atom. The van der Waals surface area contributed by atoms with E-state index in [1.54, 1.807) is 46.5 Å². The molecule has 214 valence electrons. The zero-order valence-electron chi connectivity index (χ0n) is 24.4. The Kier molecular flexibility index (Phi) is 11.9. The van der Waals surface area contributed by atoms with Crippen LogP contribution in [0, 0.1) is 17.2 Å². The fraction of sp³-hybridized carbons (Fsp3) is 0.533. The van der Waals surface area contributed by atoms with Crippen molar-refractivity contribution < 1.29 is 33.6 Å². The van der Waals surface area contributed by atoms with Crippen LogP contribution in [-0.4, -0.2) is 77.3 Å². The summed E-state index contributed by atoms with van der Waals surface area (Å²) in [7, 11) is 8.08. The summed E-state index contributed by atoms with van der Waals surface area (Å²) in [5, 5.41) is 21.5. The average Bonchev–Trinajstić information content (AvgIpc) is 2.93. The van der Waals surface area contributed by atoms with Crippen LogP contribution in [0.3, 0.4) is 0 Å². The Morgan fingerprint density at radius 3 is 2.13 bits per heavy atom. The lowest BCUT2D eigenvalue weighted by atomic mass is 9.69. The van der Waals surface area contributed by atoms with Crippen molar-refractivity contribution in [3.63, 3.8) is 0 Å². The number of aliphatic hydroxyl groups is 1. The van der Waals surface area contributed by atoms with Gasteiger partial charge in [0, 0.05) is 13.1 Å². The number of likely N-dealkylation sites (N-methyl/N-ethyl adjacent to an activating group) is 1. The number of carbonyl (C=O) groups is 1. The highest BCUT2D eigenvalue weighted by Crippen LogP contribution is 2.40. The van der Waals surface area contributed by atoms with Crippen LogP contribution in [0.15, 0.2) is 30.3 Å². The van der Waals surface area contributed by atoms with Crippen molar-refractivity contribution in [2.24, 2.45) is 5.92 Å². The molecule has 0 spiro atoms. The van der Waals surface area contributed by atoms with Crippen LogP contribution in [0.4, 0.5) is 0 Å². The molecule has 0 bridgehead atoms. The lowest BCUT2D eigenvalue weighted by Gasteiger charge is -2.34. The predicted octanol–water partition coefficient (Wildman–Crippen LogP) is 4.24. The topological polar surface area (TPSA) is 110 Å². The molecule has 0 aliphatic heterocycles. The van der Waals surface area contributed by atoms with E-state index in [4.69, 9.17) is 23.7 Å². The lowest BCUT2D eigenvalue weighted by Crippen LogP contribution is -2.39. The largest absolute Gasteiger partial charge is 0.493 e. The number of methoxy groups -OCH3 is 4. The monoisotopic (exact) mass is 542 g/mol. The fourth-order valence-corrected chi connectivity index (χ4v) is 4.77. The van der Waals surface area contributed by atoms with Gasteiger partial charge in [-0.2, -0.15) is 5.26 Å². The number of nitriles is 1. The van der Waals surface area contributed by atoms with E-state index in [9.17, 15) is 15.2 Å². The van der Waals surface area contributed by atoms with Crippen LogP contribution in [0.25, 0.3) is 0 Å². The van der Waals surface area contributed by atoms with Crippen LogP contribution >= 0.6 is 0 Å². The van der Waals surface area contributed by atoms with E-state index >= 15 is 0 Å². The second kappa shape index (κ2) is 14.6. The van der Waals surface area contributed by atoms with Crippen LogP contribution in [-0.2, 0) is 16.6 Å². The molecule has 0 fully saturated rings. The molecular weight excluding hydrogens is 500 g/mol. The normalized spacial score (nSPS) is 13.4. The third kappa shape index (κ3) is 7.55. The van der Waals surface area contributed by atoms with Gasteiger partial charge in [-0.15, -0.1) is 0 Å². The van der Waals surface area contributed by atoms with Crippen molar-refractivity contribution >= 4 is 5.97 Å². The van der Waals surface area contributed by atoms with Crippen molar-refractivity contribution in [1.29, 1.82) is 5.26 Å². The quantitative estimate of drug-likeness (QED) is 0.330. The first kappa shape index (κ1) is 31.7. The molecule has 0 saturated carbocycles. The van der Waals surface area contributed by atoms with Crippen LogP contribution < -0.4 is 18.9 Å². The molecule has 2 rings (SSSR count). The molecule has 0 aliphatic carbocycles. The van der Waals surface area contributed by atoms with E-state index in [0.29, 0.717) is 48.1 Å². The van der Waals surface area contributed by atoms with E-state index in [0.717, 1.165) is 11.1 Å². The zero-order chi connectivity index (χ0) is 29.2. The van der Waals surface area contributed by atoms with Crippen molar-refractivity contribution in [3.8, 4) is 29.1 Å². The maximum atomic E-state index is 12.6. The second-order valence-electron chi connectivity index (χ2n) is 9.76. The summed E-state index contributed by atoms with van der Waals surface area (Å²) in [6.07, 6.45) is -0.0214. The minimum Gasteiger partial charge on any atom is -0.493 e. The first-order valence-electron chi connectivity index (χ1n) is 13.0. The third-order valence-corrected chi connectivity index (χ3v) is 7.03. The number of ether oxygens (including phenoxy) is 5. The van der Waals surface area contributed by atoms with Crippen LogP contribution in [0.2, 0.25) is 0 Å². The summed E-state index contributed by atoms with van der Waals surface area (Å²) in [4.78, 5) is 14.6. The van der Waals surface area contributed by atoms with Crippen molar-refractivity contribution in [3.05, 3.63) is 47.0 Å². The molecule has 0 heterocycles. The van der Waals surface area contributed by atoms with Crippen molar-refractivity contribution in [1.82, 2.24) is 4.90 Å². The summed E-state index contributed by atoms with van der Waals surface area (Å²) in [5.74, 6) is 1.59. The molecule has 2 aromatic rings. The van der Waals surface area contributed by atoms with Gasteiger partial charge in [-0.05, 0) is 68.1 Å². The highest BCUT2D eigenvalue weighted by molar-refractivity contribution is 5.92. The van der Waals surface area contributed by atoms with E-state index in [1.165, 1.54) is 7.11 Å². The highest BCUT2D eigenvalue weighted by atomic mass is 16.5. The van der Waals surface area contributed by atoms with Gasteiger partial charge in [0.15, 0.2) is 23.0 Å². The standard InChI is InChI=1S/C30H42N2O7/c1-9-39-29(34)24-16-28(38-8)26(36-6)14-21(24)12-13-32(4)18-23(33)17-30(19-31,20(2)3)22-10-11-25(35-5)27(15-22)37-7/h10-11,14-16,20,23,33H,9,12-13,17-18H2,1-8H3. The van der Waals surface area contributed by atoms with Gasteiger partial charge in [-0.1, -0.05) is 19.9 Å². The lowest BCUT2D eigenvalue weighted by molar-refractivity contribution is 0.0524. The fourth-order valence-electron chi connectivity index (χ4n) is 4.77. The van der Waals surface area contributed by atoms with E-state index < -0.39 is 17.5 Å². The summed E-state index contributed by atoms with van der Waals surface area (Å²) < 4.78 is 26.8. The summed E-state index contributed by atoms with van der Waals surface area (Å²) in [6.45, 7) is 6.86. The molecule has 0 amide bonds. The molecule has 0 saturated heterocycles. The maximum Gasteiger partial charge on any atom is 0.338 e. The number of esters is 1. The van der Waals surface area contributed by atoms with Gasteiger partial charge >= 0.3 is 5.97 Å². The zero-order valence-corrected chi connectivity index (χ0v) is 24.4. The van der Waals surface area contributed by atoms with Gasteiger partial charge < -0.3 is 33.7 Å². The van der Waals surface area contributed by atoms with Crippen molar-refractivity contribution in [2.75, 3.05) is 55.2 Å². The second-order valence-corrected chi connectivity index (χ2v) is 9.76. The molecule has 2 aromatic carbocycles.